The summed E-state index contributed by atoms with van der Waals surface area (Å²) < 4.78 is 69.2. The molecule has 2 aromatic rings. The molecule has 16 heteroatoms. The smallest absolute Gasteiger partial charge is 0.475 e. The predicted molar refractivity (Wildman–Crippen MR) is 124 cm³/mol. The van der Waals surface area contributed by atoms with E-state index in [9.17, 15) is 31.1 Å². The third kappa shape index (κ3) is 10.4. The lowest BCUT2D eigenvalue weighted by Crippen LogP contribution is -2.37. The van der Waals surface area contributed by atoms with Gasteiger partial charge < -0.3 is 20.3 Å². The summed E-state index contributed by atoms with van der Waals surface area (Å²) in [6, 6.07) is 10.0. The minimum atomic E-state index is -5.08. The number of fused-ring (bicyclic) bond motifs is 1. The minimum absolute atomic E-state index is 0.0363. The number of carboxylic acid groups (broad SMARTS) is 2. The Morgan fingerprint density at radius 2 is 1.72 bits per heavy atom. The fourth-order valence-corrected chi connectivity index (χ4v) is 4.76. The molecule has 2 fully saturated rings. The van der Waals surface area contributed by atoms with E-state index in [1.807, 2.05) is 18.2 Å². The van der Waals surface area contributed by atoms with Gasteiger partial charge in [-0.1, -0.05) is 12.1 Å². The van der Waals surface area contributed by atoms with Crippen LogP contribution in [0.5, 0.6) is 0 Å². The number of aliphatic carboxylic acids is 2. The Morgan fingerprint density at radius 1 is 1.08 bits per heavy atom. The second-order valence-electron chi connectivity index (χ2n) is 8.70. The van der Waals surface area contributed by atoms with Crippen LogP contribution in [0.15, 0.2) is 41.9 Å². The van der Waals surface area contributed by atoms with Gasteiger partial charge in [-0.05, 0) is 23.6 Å². The maximum atomic E-state index is 12.5. The number of alkyl halides is 6. The Labute approximate surface area is 222 Å². The van der Waals surface area contributed by atoms with E-state index in [1.165, 1.54) is 4.88 Å². The summed E-state index contributed by atoms with van der Waals surface area (Å²) in [6.45, 7) is 4.88. The van der Waals surface area contributed by atoms with E-state index in [4.69, 9.17) is 24.5 Å². The first-order chi connectivity index (χ1) is 18.1. The average Bonchev–Trinajstić information content (AvgIpc) is 3.55. The highest BCUT2D eigenvalue weighted by atomic mass is 32.1. The molecule has 0 unspecified atom stereocenters. The van der Waals surface area contributed by atoms with E-state index < -0.39 is 24.3 Å². The average molecular weight is 586 g/mol. The highest BCUT2D eigenvalue weighted by molar-refractivity contribution is 7.09. The van der Waals surface area contributed by atoms with Crippen LogP contribution in [0.2, 0.25) is 0 Å². The summed E-state index contributed by atoms with van der Waals surface area (Å²) in [7, 11) is 0. The van der Waals surface area contributed by atoms with E-state index in [2.05, 4.69) is 32.7 Å². The highest BCUT2D eigenvalue weighted by Gasteiger charge is 2.51. The van der Waals surface area contributed by atoms with Crippen LogP contribution in [0, 0.1) is 11.3 Å². The van der Waals surface area contributed by atoms with E-state index in [0.29, 0.717) is 25.5 Å². The first kappa shape index (κ1) is 32.0. The van der Waals surface area contributed by atoms with Gasteiger partial charge in [0.15, 0.2) is 0 Å². The van der Waals surface area contributed by atoms with Gasteiger partial charge in [0.1, 0.15) is 0 Å². The number of carboxylic acids is 2. The summed E-state index contributed by atoms with van der Waals surface area (Å²) in [5.74, 6) is -4.97. The normalized spacial score (nSPS) is 20.6. The third-order valence-corrected chi connectivity index (χ3v) is 6.60. The Morgan fingerprint density at radius 3 is 2.23 bits per heavy atom. The van der Waals surface area contributed by atoms with Crippen LogP contribution in [-0.2, 0) is 32.2 Å². The number of pyridine rings is 1. The van der Waals surface area contributed by atoms with Crippen LogP contribution in [-0.4, -0.2) is 76.6 Å². The monoisotopic (exact) mass is 585 g/mol. The standard InChI is InChI=1S/C19H23N3O2S.2C2HF3O2/c23-18(21-9-16-4-1-2-6-20-16)8-19-13-22(10-15(19)12-24-14-19)11-17-5-3-7-25-17;2*3-2(4,5)1(6)7/h1-7,15H,8-14H2,(H,21,23);2*(H,6,7)/t15-,19+;;/m1../s1. The quantitative estimate of drug-likeness (QED) is 0.439. The van der Waals surface area contributed by atoms with Crippen LogP contribution < -0.4 is 5.32 Å². The van der Waals surface area contributed by atoms with Crippen molar-refractivity contribution >= 4 is 29.2 Å². The van der Waals surface area contributed by atoms with Gasteiger partial charge >= 0.3 is 24.3 Å². The second-order valence-corrected chi connectivity index (χ2v) is 9.74. The number of hydrogen-bond acceptors (Lipinski definition) is 7. The van der Waals surface area contributed by atoms with Gasteiger partial charge in [0.2, 0.25) is 5.91 Å². The molecule has 0 bridgehead atoms. The van der Waals surface area contributed by atoms with Gasteiger partial charge in [-0.2, -0.15) is 26.3 Å². The molecule has 39 heavy (non-hydrogen) atoms. The second kappa shape index (κ2) is 13.7. The number of halogens is 6. The number of carbonyl (C=O) groups excluding carboxylic acids is 1. The number of carbonyl (C=O) groups is 3. The summed E-state index contributed by atoms with van der Waals surface area (Å²) >= 11 is 1.80. The molecule has 3 N–H and O–H groups in total. The Bertz CT molecular complexity index is 1060. The number of rotatable bonds is 6. The van der Waals surface area contributed by atoms with Gasteiger partial charge in [-0.25, -0.2) is 9.59 Å². The van der Waals surface area contributed by atoms with Crippen molar-refractivity contribution in [1.82, 2.24) is 15.2 Å². The minimum Gasteiger partial charge on any atom is -0.475 e. The zero-order chi connectivity index (χ0) is 29.3. The van der Waals surface area contributed by atoms with E-state index in [1.54, 1.807) is 17.5 Å². The number of likely N-dealkylation sites (tertiary alicyclic amines) is 1. The molecule has 2 aromatic heterocycles. The van der Waals surface area contributed by atoms with Crippen molar-refractivity contribution in [2.45, 2.75) is 31.9 Å². The lowest BCUT2D eigenvalue weighted by atomic mass is 9.78. The molecular formula is C23H25F6N3O6S. The molecule has 0 spiro atoms. The van der Waals surface area contributed by atoms with Crippen LogP contribution in [0.25, 0.3) is 0 Å². The predicted octanol–water partition coefficient (Wildman–Crippen LogP) is 3.56. The van der Waals surface area contributed by atoms with Gasteiger partial charge in [-0.3, -0.25) is 14.7 Å². The van der Waals surface area contributed by atoms with Crippen LogP contribution in [0.4, 0.5) is 26.3 Å². The molecular weight excluding hydrogens is 560 g/mol. The van der Waals surface area contributed by atoms with Crippen molar-refractivity contribution in [2.24, 2.45) is 11.3 Å². The van der Waals surface area contributed by atoms with Crippen molar-refractivity contribution in [1.29, 1.82) is 0 Å². The molecule has 216 valence electrons. The van der Waals surface area contributed by atoms with E-state index in [0.717, 1.165) is 31.9 Å². The number of aromatic nitrogens is 1. The summed E-state index contributed by atoms with van der Waals surface area (Å²) in [5, 5.41) is 19.4. The molecule has 0 radical (unpaired) electrons. The molecule has 4 rings (SSSR count). The Hall–Kier alpha value is -3.24. The largest absolute Gasteiger partial charge is 0.490 e. The van der Waals surface area contributed by atoms with Crippen LogP contribution >= 0.6 is 11.3 Å². The first-order valence-electron chi connectivity index (χ1n) is 11.2. The molecule has 0 aromatic carbocycles. The molecule has 9 nitrogen and oxygen atoms in total. The molecule has 2 atom stereocenters. The molecule has 2 aliphatic heterocycles. The number of nitrogens with zero attached hydrogens (tertiary/aromatic N) is 2. The van der Waals surface area contributed by atoms with E-state index in [-0.39, 0.29) is 11.3 Å². The molecule has 0 aliphatic carbocycles. The highest BCUT2D eigenvalue weighted by Crippen LogP contribution is 2.44. The Balaban J connectivity index is 0.000000317. The first-order valence-corrected chi connectivity index (χ1v) is 12.1. The van der Waals surface area contributed by atoms with Crippen molar-refractivity contribution < 1.29 is 55.7 Å². The molecule has 4 heterocycles. The van der Waals surface area contributed by atoms with Crippen molar-refractivity contribution in [2.75, 3.05) is 26.3 Å². The van der Waals surface area contributed by atoms with Crippen molar-refractivity contribution in [3.05, 3.63) is 52.5 Å². The third-order valence-electron chi connectivity index (χ3n) is 5.74. The lowest BCUT2D eigenvalue weighted by molar-refractivity contribution is -0.193. The van der Waals surface area contributed by atoms with Gasteiger partial charge in [0.25, 0.3) is 0 Å². The summed E-state index contributed by atoms with van der Waals surface area (Å²) in [5.41, 5.74) is 0.851. The van der Waals surface area contributed by atoms with Gasteiger partial charge in [0, 0.05) is 48.5 Å². The SMILES string of the molecule is O=C(C[C@]12COC[C@H]1CN(Cc1cccs1)C2)NCc1ccccn1.O=C(O)C(F)(F)F.O=C(O)C(F)(F)F. The lowest BCUT2D eigenvalue weighted by Gasteiger charge is -2.26. The molecule has 1 amide bonds. The molecule has 0 saturated carbocycles. The van der Waals surface area contributed by atoms with Crippen LogP contribution in [0.3, 0.4) is 0 Å². The van der Waals surface area contributed by atoms with Crippen molar-refractivity contribution in [3.63, 3.8) is 0 Å². The summed E-state index contributed by atoms with van der Waals surface area (Å²) in [4.78, 5) is 38.4. The fraction of sp³-hybridized carbons (Fsp3) is 0.478. The number of thiophene rings is 1. The zero-order valence-corrected chi connectivity index (χ0v) is 21.0. The zero-order valence-electron chi connectivity index (χ0n) is 20.2. The maximum Gasteiger partial charge on any atom is 0.490 e. The fourth-order valence-electron chi connectivity index (χ4n) is 4.01. The van der Waals surface area contributed by atoms with Gasteiger partial charge in [-0.15, -0.1) is 11.3 Å². The number of hydrogen-bond donors (Lipinski definition) is 3. The number of amides is 1. The summed E-state index contributed by atoms with van der Waals surface area (Å²) in [6.07, 6.45) is -7.88. The van der Waals surface area contributed by atoms with Gasteiger partial charge in [0.05, 0.1) is 25.5 Å². The topological polar surface area (TPSA) is 129 Å². The van der Waals surface area contributed by atoms with Crippen LogP contribution in [0.1, 0.15) is 17.0 Å². The van der Waals surface area contributed by atoms with E-state index >= 15 is 0 Å². The number of ether oxygens (including phenoxy) is 1. The Kier molecular flexibility index (Phi) is 11.2. The molecule has 2 saturated heterocycles. The molecule has 2 aliphatic rings. The van der Waals surface area contributed by atoms with Crippen molar-refractivity contribution in [3.8, 4) is 0 Å². The number of nitrogens with one attached hydrogen (secondary N) is 1. The maximum absolute atomic E-state index is 12.5.